The Morgan fingerprint density at radius 3 is 2.76 bits per heavy atom. The summed E-state index contributed by atoms with van der Waals surface area (Å²) in [7, 11) is 0. The Kier molecular flexibility index (Phi) is 5.53. The van der Waals surface area contributed by atoms with Crippen LogP contribution in [0.2, 0.25) is 0 Å². The molecule has 0 aliphatic heterocycles. The van der Waals surface area contributed by atoms with E-state index >= 15 is 0 Å². The van der Waals surface area contributed by atoms with Crippen molar-refractivity contribution in [2.45, 2.75) is 19.9 Å². The summed E-state index contributed by atoms with van der Waals surface area (Å²) in [6.07, 6.45) is 4.20. The first-order valence-corrected chi connectivity index (χ1v) is 8.13. The molecule has 0 fully saturated rings. The number of fused-ring (bicyclic) bond motifs is 1. The number of hydrogen-bond donors (Lipinski definition) is 2. The largest absolute Gasteiger partial charge is 0.379 e. The standard InChI is InChI=1S/C19H20N4O2/c1-14(24)23-25-11-9-16-13-21-17-8-5-10-20-19(17)18(16)22-12-15-6-3-2-4-7-15/h2-8,10,13H,9,11-12H2,1H3,(H,21,22)(H,23,24). The van der Waals surface area contributed by atoms with E-state index < -0.39 is 0 Å². The highest BCUT2D eigenvalue weighted by molar-refractivity contribution is 5.89. The van der Waals surface area contributed by atoms with Crippen molar-refractivity contribution >= 4 is 22.6 Å². The average molecular weight is 336 g/mol. The lowest BCUT2D eigenvalue weighted by Crippen LogP contribution is -2.21. The van der Waals surface area contributed by atoms with Gasteiger partial charge in [0.2, 0.25) is 5.91 Å². The summed E-state index contributed by atoms with van der Waals surface area (Å²) in [5.74, 6) is -0.222. The van der Waals surface area contributed by atoms with Gasteiger partial charge < -0.3 is 5.32 Å². The normalized spacial score (nSPS) is 10.6. The van der Waals surface area contributed by atoms with Crippen LogP contribution in [0.5, 0.6) is 0 Å². The van der Waals surface area contributed by atoms with Gasteiger partial charge in [0.15, 0.2) is 0 Å². The third-order valence-corrected chi connectivity index (χ3v) is 3.71. The van der Waals surface area contributed by atoms with Gasteiger partial charge in [0.25, 0.3) is 0 Å². The molecular weight excluding hydrogens is 316 g/mol. The van der Waals surface area contributed by atoms with Crippen molar-refractivity contribution in [1.29, 1.82) is 0 Å². The molecule has 0 atom stereocenters. The number of rotatable bonds is 7. The zero-order valence-corrected chi connectivity index (χ0v) is 14.0. The molecule has 2 aromatic heterocycles. The lowest BCUT2D eigenvalue weighted by molar-refractivity contribution is -0.131. The van der Waals surface area contributed by atoms with Crippen LogP contribution in [-0.4, -0.2) is 22.5 Å². The Morgan fingerprint density at radius 1 is 1.12 bits per heavy atom. The lowest BCUT2D eigenvalue weighted by Gasteiger charge is -2.14. The minimum atomic E-state index is -0.222. The number of hydrogen-bond acceptors (Lipinski definition) is 5. The summed E-state index contributed by atoms with van der Waals surface area (Å²) < 4.78 is 0. The summed E-state index contributed by atoms with van der Waals surface area (Å²) in [4.78, 5) is 25.0. The van der Waals surface area contributed by atoms with Gasteiger partial charge in [-0.25, -0.2) is 5.48 Å². The molecule has 6 heteroatoms. The van der Waals surface area contributed by atoms with Gasteiger partial charge in [0, 0.05) is 32.3 Å². The van der Waals surface area contributed by atoms with Gasteiger partial charge in [0.05, 0.1) is 17.8 Å². The maximum atomic E-state index is 10.9. The highest BCUT2D eigenvalue weighted by Crippen LogP contribution is 2.25. The molecule has 0 radical (unpaired) electrons. The van der Waals surface area contributed by atoms with Gasteiger partial charge >= 0.3 is 0 Å². The summed E-state index contributed by atoms with van der Waals surface area (Å²) in [6, 6.07) is 14.0. The number of pyridine rings is 2. The topological polar surface area (TPSA) is 76.1 Å². The number of amides is 1. The molecule has 0 saturated carbocycles. The number of hydroxylamine groups is 1. The summed E-state index contributed by atoms with van der Waals surface area (Å²) in [5, 5.41) is 3.48. The first-order valence-electron chi connectivity index (χ1n) is 8.13. The van der Waals surface area contributed by atoms with E-state index in [9.17, 15) is 4.79 Å². The minimum Gasteiger partial charge on any atom is -0.379 e. The zero-order chi connectivity index (χ0) is 17.5. The van der Waals surface area contributed by atoms with E-state index in [0.29, 0.717) is 19.6 Å². The first kappa shape index (κ1) is 16.9. The maximum absolute atomic E-state index is 10.9. The van der Waals surface area contributed by atoms with Crippen molar-refractivity contribution in [1.82, 2.24) is 15.4 Å². The molecular formula is C19H20N4O2. The van der Waals surface area contributed by atoms with Crippen LogP contribution >= 0.6 is 0 Å². The van der Waals surface area contributed by atoms with Gasteiger partial charge in [-0.3, -0.25) is 19.6 Å². The number of carbonyl (C=O) groups is 1. The second-order valence-corrected chi connectivity index (χ2v) is 5.63. The monoisotopic (exact) mass is 336 g/mol. The van der Waals surface area contributed by atoms with E-state index in [1.165, 1.54) is 12.5 Å². The van der Waals surface area contributed by atoms with Crippen molar-refractivity contribution in [3.05, 3.63) is 66.0 Å². The lowest BCUT2D eigenvalue weighted by atomic mass is 10.1. The fraction of sp³-hybridized carbons (Fsp3) is 0.211. The van der Waals surface area contributed by atoms with E-state index in [0.717, 1.165) is 22.3 Å². The molecule has 0 aliphatic carbocycles. The average Bonchev–Trinajstić information content (AvgIpc) is 2.64. The van der Waals surface area contributed by atoms with E-state index in [-0.39, 0.29) is 5.91 Å². The molecule has 25 heavy (non-hydrogen) atoms. The van der Waals surface area contributed by atoms with Crippen LogP contribution in [0.3, 0.4) is 0 Å². The molecule has 0 spiro atoms. The van der Waals surface area contributed by atoms with Gasteiger partial charge in [-0.2, -0.15) is 0 Å². The molecule has 0 bridgehead atoms. The fourth-order valence-electron chi connectivity index (χ4n) is 2.54. The van der Waals surface area contributed by atoms with Crippen LogP contribution < -0.4 is 10.8 Å². The Labute approximate surface area is 146 Å². The van der Waals surface area contributed by atoms with Crippen LogP contribution in [0, 0.1) is 0 Å². The predicted octanol–water partition coefficient (Wildman–Crippen LogP) is 2.85. The Hall–Kier alpha value is -2.99. The number of aromatic nitrogens is 2. The van der Waals surface area contributed by atoms with E-state index in [2.05, 4.69) is 32.9 Å². The van der Waals surface area contributed by atoms with E-state index in [4.69, 9.17) is 4.84 Å². The predicted molar refractivity (Wildman–Crippen MR) is 96.8 cm³/mol. The van der Waals surface area contributed by atoms with Crippen LogP contribution in [0.15, 0.2) is 54.9 Å². The Morgan fingerprint density at radius 2 is 1.96 bits per heavy atom. The summed E-state index contributed by atoms with van der Waals surface area (Å²) in [6.45, 7) is 2.46. The Balaban J connectivity index is 1.81. The van der Waals surface area contributed by atoms with Gasteiger partial charge in [-0.15, -0.1) is 0 Å². The molecule has 0 saturated heterocycles. The van der Waals surface area contributed by atoms with Crippen LogP contribution in [-0.2, 0) is 22.6 Å². The second-order valence-electron chi connectivity index (χ2n) is 5.63. The van der Waals surface area contributed by atoms with Crippen molar-refractivity contribution < 1.29 is 9.63 Å². The molecule has 3 aromatic rings. The summed E-state index contributed by atoms with van der Waals surface area (Å²) in [5.41, 5.74) is 7.12. The molecule has 1 aromatic carbocycles. The molecule has 6 nitrogen and oxygen atoms in total. The van der Waals surface area contributed by atoms with Crippen molar-refractivity contribution in [3.8, 4) is 0 Å². The van der Waals surface area contributed by atoms with Gasteiger partial charge in [-0.1, -0.05) is 30.3 Å². The molecule has 0 aliphatic rings. The molecule has 2 N–H and O–H groups in total. The third kappa shape index (κ3) is 4.51. The molecule has 3 rings (SSSR count). The molecule has 1 amide bonds. The van der Waals surface area contributed by atoms with Crippen LogP contribution in [0.4, 0.5) is 5.69 Å². The number of carbonyl (C=O) groups excluding carboxylic acids is 1. The van der Waals surface area contributed by atoms with Crippen molar-refractivity contribution in [2.24, 2.45) is 0 Å². The second kappa shape index (κ2) is 8.21. The quantitative estimate of drug-likeness (QED) is 0.512. The van der Waals surface area contributed by atoms with Gasteiger partial charge in [0.1, 0.15) is 5.52 Å². The molecule has 0 unspecified atom stereocenters. The van der Waals surface area contributed by atoms with E-state index in [1.807, 2.05) is 36.5 Å². The van der Waals surface area contributed by atoms with Crippen molar-refractivity contribution in [3.63, 3.8) is 0 Å². The van der Waals surface area contributed by atoms with Crippen molar-refractivity contribution in [2.75, 3.05) is 11.9 Å². The first-order chi connectivity index (χ1) is 12.2. The smallest absolute Gasteiger partial charge is 0.240 e. The SMILES string of the molecule is CC(=O)NOCCc1cnc2cccnc2c1NCc1ccccc1. The molecule has 2 heterocycles. The fourth-order valence-corrected chi connectivity index (χ4v) is 2.54. The highest BCUT2D eigenvalue weighted by atomic mass is 16.6. The number of nitrogens with zero attached hydrogens (tertiary/aromatic N) is 2. The van der Waals surface area contributed by atoms with Gasteiger partial charge in [-0.05, 0) is 23.3 Å². The highest BCUT2D eigenvalue weighted by Gasteiger charge is 2.10. The molecule has 128 valence electrons. The third-order valence-electron chi connectivity index (χ3n) is 3.71. The number of anilines is 1. The summed E-state index contributed by atoms with van der Waals surface area (Å²) >= 11 is 0. The zero-order valence-electron chi connectivity index (χ0n) is 14.0. The maximum Gasteiger partial charge on any atom is 0.240 e. The number of nitrogens with one attached hydrogen (secondary N) is 2. The van der Waals surface area contributed by atoms with Crippen LogP contribution in [0.1, 0.15) is 18.1 Å². The number of benzene rings is 1. The van der Waals surface area contributed by atoms with Crippen LogP contribution in [0.25, 0.3) is 11.0 Å². The van der Waals surface area contributed by atoms with E-state index in [1.54, 1.807) is 6.20 Å². The Bertz CT molecular complexity index is 852. The minimum absolute atomic E-state index is 0.222.